The van der Waals surface area contributed by atoms with Gasteiger partial charge in [0.1, 0.15) is 17.7 Å². The molecule has 0 spiro atoms. The van der Waals surface area contributed by atoms with E-state index in [9.17, 15) is 14.7 Å². The molecule has 0 saturated heterocycles. The average molecular weight is 370 g/mol. The Balaban J connectivity index is 0.00000176. The first kappa shape index (κ1) is 22.1. The van der Waals surface area contributed by atoms with Crippen molar-refractivity contribution >= 4 is 16.9 Å². The highest BCUT2D eigenvalue weighted by molar-refractivity contribution is 6.07. The molecule has 0 saturated carbocycles. The number of ether oxygens (including phenoxy) is 1. The molecule has 2 aromatic heterocycles. The maximum Gasteiger partial charge on any atom is 0.340 e. The number of terminal acetylenes is 1. The van der Waals surface area contributed by atoms with Crippen molar-refractivity contribution in [3.8, 4) is 24.7 Å². The number of nitrogens with one attached hydrogen (secondary N) is 1. The SMILES string of the molecule is C#C.Cc1[nH]c2c(=O)n(C)cc(C#C[C@@H](C)O)c2c1C(=O)OC(C)C(C)C. The van der Waals surface area contributed by atoms with Gasteiger partial charge in [0.2, 0.25) is 0 Å². The van der Waals surface area contributed by atoms with Crippen LogP contribution in [0, 0.1) is 37.5 Å². The number of H-pyrrole nitrogens is 1. The molecule has 0 aliphatic carbocycles. The Kier molecular flexibility index (Phi) is 7.45. The van der Waals surface area contributed by atoms with Crippen LogP contribution in [-0.2, 0) is 11.8 Å². The number of esters is 1. The number of rotatable bonds is 3. The van der Waals surface area contributed by atoms with E-state index in [1.165, 1.54) is 4.57 Å². The van der Waals surface area contributed by atoms with Gasteiger partial charge in [-0.2, -0.15) is 0 Å². The van der Waals surface area contributed by atoms with E-state index in [1.807, 2.05) is 20.8 Å². The van der Waals surface area contributed by atoms with E-state index < -0.39 is 12.1 Å². The normalized spacial score (nSPS) is 12.5. The van der Waals surface area contributed by atoms with Gasteiger partial charge in [0, 0.05) is 24.3 Å². The molecule has 6 heteroatoms. The number of carbonyl (C=O) groups excluding carboxylic acids is 1. The number of carbonyl (C=O) groups is 1. The minimum Gasteiger partial charge on any atom is -0.459 e. The van der Waals surface area contributed by atoms with E-state index in [4.69, 9.17) is 4.74 Å². The Morgan fingerprint density at radius 3 is 2.41 bits per heavy atom. The minimum absolute atomic E-state index is 0.178. The number of aromatic nitrogens is 2. The van der Waals surface area contributed by atoms with Crippen molar-refractivity contribution in [2.45, 2.75) is 46.8 Å². The standard InChI is InChI=1S/C19H24N2O4.C2H2/c1-10(2)13(5)25-19(24)15-12(4)20-17-16(15)14(8-7-11(3)22)9-21(6)18(17)23;1-2/h9-11,13,20,22H,1-6H3;1-2H/t11-,13?;/m1./s1. The summed E-state index contributed by atoms with van der Waals surface area (Å²) in [5.74, 6) is 5.20. The third kappa shape index (κ3) is 4.81. The molecule has 0 aromatic carbocycles. The number of aryl methyl sites for hydroxylation is 2. The molecule has 2 heterocycles. The lowest BCUT2D eigenvalue weighted by atomic mass is 10.1. The van der Waals surface area contributed by atoms with E-state index in [0.717, 1.165) is 0 Å². The van der Waals surface area contributed by atoms with E-state index in [0.29, 0.717) is 27.7 Å². The monoisotopic (exact) mass is 370 g/mol. The van der Waals surface area contributed by atoms with E-state index in [-0.39, 0.29) is 17.6 Å². The molecule has 0 fully saturated rings. The molecule has 2 rings (SSSR count). The van der Waals surface area contributed by atoms with Crippen molar-refractivity contribution in [3.05, 3.63) is 33.4 Å². The quantitative estimate of drug-likeness (QED) is 0.642. The lowest BCUT2D eigenvalue weighted by molar-refractivity contribution is 0.0239. The summed E-state index contributed by atoms with van der Waals surface area (Å²) in [5, 5.41) is 9.87. The number of nitrogens with zero attached hydrogens (tertiary/aromatic N) is 1. The Morgan fingerprint density at radius 1 is 1.30 bits per heavy atom. The van der Waals surface area contributed by atoms with Crippen molar-refractivity contribution in [1.29, 1.82) is 0 Å². The van der Waals surface area contributed by atoms with Crippen molar-refractivity contribution in [1.82, 2.24) is 9.55 Å². The lowest BCUT2D eigenvalue weighted by Crippen LogP contribution is -2.21. The Labute approximate surface area is 159 Å². The number of aliphatic hydroxyl groups excluding tert-OH is 1. The van der Waals surface area contributed by atoms with Gasteiger partial charge in [0.05, 0.1) is 11.1 Å². The van der Waals surface area contributed by atoms with Gasteiger partial charge in [0.25, 0.3) is 5.56 Å². The number of pyridine rings is 1. The van der Waals surface area contributed by atoms with Crippen molar-refractivity contribution in [3.63, 3.8) is 0 Å². The third-order valence-electron chi connectivity index (χ3n) is 4.17. The smallest absolute Gasteiger partial charge is 0.340 e. The van der Waals surface area contributed by atoms with Crippen molar-refractivity contribution < 1.29 is 14.6 Å². The summed E-state index contributed by atoms with van der Waals surface area (Å²) >= 11 is 0. The van der Waals surface area contributed by atoms with Gasteiger partial charge >= 0.3 is 5.97 Å². The summed E-state index contributed by atoms with van der Waals surface area (Å²) < 4.78 is 6.93. The van der Waals surface area contributed by atoms with Crippen LogP contribution >= 0.6 is 0 Å². The molecule has 0 amide bonds. The second-order valence-corrected chi connectivity index (χ2v) is 6.63. The molecule has 0 aliphatic rings. The fourth-order valence-corrected chi connectivity index (χ4v) is 2.44. The topological polar surface area (TPSA) is 84.3 Å². The molecule has 0 bridgehead atoms. The highest BCUT2D eigenvalue weighted by Crippen LogP contribution is 2.25. The van der Waals surface area contributed by atoms with E-state index in [2.05, 4.69) is 29.7 Å². The summed E-state index contributed by atoms with van der Waals surface area (Å²) in [6, 6.07) is 0. The molecule has 2 aromatic rings. The van der Waals surface area contributed by atoms with Crippen LogP contribution in [0.3, 0.4) is 0 Å². The first-order chi connectivity index (χ1) is 12.6. The molecule has 0 radical (unpaired) electrons. The van der Waals surface area contributed by atoms with Gasteiger partial charge in [-0.05, 0) is 26.7 Å². The number of fused-ring (bicyclic) bond motifs is 1. The maximum absolute atomic E-state index is 12.7. The van der Waals surface area contributed by atoms with Crippen LogP contribution in [0.5, 0.6) is 0 Å². The molecule has 2 atom stereocenters. The Morgan fingerprint density at radius 2 is 1.89 bits per heavy atom. The predicted octanol–water partition coefficient (Wildman–Crippen LogP) is 2.36. The summed E-state index contributed by atoms with van der Waals surface area (Å²) in [7, 11) is 1.62. The minimum atomic E-state index is -0.816. The van der Waals surface area contributed by atoms with Crippen LogP contribution in [0.25, 0.3) is 10.9 Å². The zero-order valence-corrected chi connectivity index (χ0v) is 16.6. The summed E-state index contributed by atoms with van der Waals surface area (Å²) in [5.41, 5.74) is 1.42. The van der Waals surface area contributed by atoms with Crippen LogP contribution in [0.2, 0.25) is 0 Å². The Bertz CT molecular complexity index is 965. The molecule has 144 valence electrons. The largest absolute Gasteiger partial charge is 0.459 e. The van der Waals surface area contributed by atoms with Gasteiger partial charge in [0.15, 0.2) is 0 Å². The summed E-state index contributed by atoms with van der Waals surface area (Å²) in [4.78, 5) is 28.1. The fraction of sp³-hybridized carbons (Fsp3) is 0.429. The molecule has 0 aliphatic heterocycles. The van der Waals surface area contributed by atoms with Crippen molar-refractivity contribution in [2.75, 3.05) is 0 Å². The molecule has 27 heavy (non-hydrogen) atoms. The number of aromatic amines is 1. The first-order valence-electron chi connectivity index (χ1n) is 8.59. The van der Waals surface area contributed by atoms with Crippen LogP contribution in [0.15, 0.2) is 11.0 Å². The van der Waals surface area contributed by atoms with Crippen LogP contribution < -0.4 is 5.56 Å². The average Bonchev–Trinajstić information content (AvgIpc) is 2.96. The molecule has 6 nitrogen and oxygen atoms in total. The van der Waals surface area contributed by atoms with Crippen LogP contribution in [-0.4, -0.2) is 32.8 Å². The Hall–Kier alpha value is -2.96. The molecular formula is C21H26N2O4. The van der Waals surface area contributed by atoms with E-state index in [1.54, 1.807) is 27.1 Å². The van der Waals surface area contributed by atoms with Gasteiger partial charge in [-0.15, -0.1) is 12.8 Å². The zero-order valence-electron chi connectivity index (χ0n) is 16.6. The highest BCUT2D eigenvalue weighted by atomic mass is 16.5. The van der Waals surface area contributed by atoms with Gasteiger partial charge in [-0.25, -0.2) is 4.79 Å². The van der Waals surface area contributed by atoms with Crippen LogP contribution in [0.4, 0.5) is 0 Å². The van der Waals surface area contributed by atoms with E-state index >= 15 is 0 Å². The van der Waals surface area contributed by atoms with Gasteiger partial charge in [-0.1, -0.05) is 25.7 Å². The number of hydrogen-bond donors (Lipinski definition) is 2. The second-order valence-electron chi connectivity index (χ2n) is 6.63. The highest BCUT2D eigenvalue weighted by Gasteiger charge is 2.24. The number of hydrogen-bond acceptors (Lipinski definition) is 4. The fourth-order valence-electron chi connectivity index (χ4n) is 2.44. The maximum atomic E-state index is 12.7. The van der Waals surface area contributed by atoms with Gasteiger partial charge in [-0.3, -0.25) is 4.79 Å². The zero-order chi connectivity index (χ0) is 20.9. The predicted molar refractivity (Wildman–Crippen MR) is 106 cm³/mol. The first-order valence-corrected chi connectivity index (χ1v) is 8.59. The molecular weight excluding hydrogens is 344 g/mol. The van der Waals surface area contributed by atoms with Crippen LogP contribution in [0.1, 0.15) is 49.3 Å². The third-order valence-corrected chi connectivity index (χ3v) is 4.17. The molecule has 2 N–H and O–H groups in total. The second kappa shape index (κ2) is 9.12. The van der Waals surface area contributed by atoms with Gasteiger partial charge < -0.3 is 19.4 Å². The molecule has 1 unspecified atom stereocenters. The number of aliphatic hydroxyl groups is 1. The lowest BCUT2D eigenvalue weighted by Gasteiger charge is -2.16. The van der Waals surface area contributed by atoms with Crippen molar-refractivity contribution in [2.24, 2.45) is 13.0 Å². The summed E-state index contributed by atoms with van der Waals surface area (Å²) in [6.45, 7) is 9.04. The summed E-state index contributed by atoms with van der Waals surface area (Å²) in [6.07, 6.45) is 8.50.